The van der Waals surface area contributed by atoms with Gasteiger partial charge in [0.15, 0.2) is 0 Å². The molecule has 1 saturated heterocycles. The van der Waals surface area contributed by atoms with Gasteiger partial charge in [0, 0.05) is 12.6 Å². The van der Waals surface area contributed by atoms with Gasteiger partial charge < -0.3 is 10.2 Å². The van der Waals surface area contributed by atoms with Crippen LogP contribution in [0.5, 0.6) is 0 Å². The molecule has 1 aliphatic heterocycles. The molecule has 19 heavy (non-hydrogen) atoms. The molecule has 3 heteroatoms. The first-order valence-corrected chi connectivity index (χ1v) is 7.33. The maximum Gasteiger partial charge on any atom is 0.123 e. The molecule has 2 atom stereocenters. The fourth-order valence-corrected chi connectivity index (χ4v) is 2.92. The Morgan fingerprint density at radius 2 is 2.00 bits per heavy atom. The lowest BCUT2D eigenvalue weighted by Gasteiger charge is -2.29. The van der Waals surface area contributed by atoms with Gasteiger partial charge in [-0.15, -0.1) is 0 Å². The number of rotatable bonds is 4. The summed E-state index contributed by atoms with van der Waals surface area (Å²) in [6, 6.07) is 7.60. The monoisotopic (exact) mass is 264 g/mol. The van der Waals surface area contributed by atoms with Crippen LogP contribution < -0.4 is 5.32 Å². The molecule has 0 aliphatic carbocycles. The zero-order valence-corrected chi connectivity index (χ0v) is 12.0. The molecule has 106 valence electrons. The summed E-state index contributed by atoms with van der Waals surface area (Å²) in [6.07, 6.45) is 3.77. The van der Waals surface area contributed by atoms with Gasteiger partial charge in [-0.05, 0) is 63.0 Å². The van der Waals surface area contributed by atoms with Crippen LogP contribution in [0, 0.1) is 5.82 Å². The summed E-state index contributed by atoms with van der Waals surface area (Å²) < 4.78 is 12.9. The van der Waals surface area contributed by atoms with E-state index >= 15 is 0 Å². The Morgan fingerprint density at radius 3 is 2.74 bits per heavy atom. The number of nitrogens with one attached hydrogen (secondary N) is 1. The van der Waals surface area contributed by atoms with Gasteiger partial charge >= 0.3 is 0 Å². The summed E-state index contributed by atoms with van der Waals surface area (Å²) in [6.45, 7) is 5.53. The van der Waals surface area contributed by atoms with Gasteiger partial charge in [0.25, 0.3) is 0 Å². The number of hydrogen-bond donors (Lipinski definition) is 1. The number of hydrogen-bond acceptors (Lipinski definition) is 2. The molecule has 0 spiro atoms. The van der Waals surface area contributed by atoms with Crippen LogP contribution in [0.25, 0.3) is 0 Å². The smallest absolute Gasteiger partial charge is 0.123 e. The summed E-state index contributed by atoms with van der Waals surface area (Å²) in [7, 11) is 2.22. The first-order chi connectivity index (χ1) is 9.16. The average Bonchev–Trinajstić information content (AvgIpc) is 2.68. The Morgan fingerprint density at radius 1 is 1.26 bits per heavy atom. The zero-order valence-electron chi connectivity index (χ0n) is 12.0. The Kier molecular flexibility index (Phi) is 5.34. The molecule has 0 bridgehead atoms. The topological polar surface area (TPSA) is 15.3 Å². The van der Waals surface area contributed by atoms with Crippen molar-refractivity contribution in [3.63, 3.8) is 0 Å². The van der Waals surface area contributed by atoms with E-state index in [0.717, 1.165) is 19.6 Å². The molecule has 2 unspecified atom stereocenters. The molecule has 0 aromatic heterocycles. The average molecular weight is 264 g/mol. The molecule has 1 N–H and O–H groups in total. The Balaban J connectivity index is 1.89. The van der Waals surface area contributed by atoms with Crippen molar-refractivity contribution < 1.29 is 4.39 Å². The predicted octanol–water partition coefficient (Wildman–Crippen LogP) is 3.00. The predicted molar refractivity (Wildman–Crippen MR) is 78.0 cm³/mol. The summed E-state index contributed by atoms with van der Waals surface area (Å²) in [5, 5.41) is 3.45. The van der Waals surface area contributed by atoms with E-state index in [-0.39, 0.29) is 5.82 Å². The summed E-state index contributed by atoms with van der Waals surface area (Å²) in [5.41, 5.74) is 1.22. The van der Waals surface area contributed by atoms with Gasteiger partial charge in [0.2, 0.25) is 0 Å². The molecule has 1 heterocycles. The van der Waals surface area contributed by atoms with Crippen molar-refractivity contribution in [2.24, 2.45) is 0 Å². The van der Waals surface area contributed by atoms with Gasteiger partial charge in [-0.3, -0.25) is 0 Å². The summed E-state index contributed by atoms with van der Waals surface area (Å²) >= 11 is 0. The van der Waals surface area contributed by atoms with Crippen molar-refractivity contribution in [3.8, 4) is 0 Å². The Hall–Kier alpha value is -0.930. The third-order valence-electron chi connectivity index (χ3n) is 4.17. The number of benzene rings is 1. The first-order valence-electron chi connectivity index (χ1n) is 7.33. The van der Waals surface area contributed by atoms with E-state index in [4.69, 9.17) is 0 Å². The molecular formula is C16H25FN2. The highest BCUT2D eigenvalue weighted by atomic mass is 19.1. The van der Waals surface area contributed by atoms with E-state index in [9.17, 15) is 4.39 Å². The number of nitrogens with zero attached hydrogens (tertiary/aromatic N) is 1. The fourth-order valence-electron chi connectivity index (χ4n) is 2.92. The van der Waals surface area contributed by atoms with Gasteiger partial charge in [-0.25, -0.2) is 4.39 Å². The quantitative estimate of drug-likeness (QED) is 0.899. The minimum Gasteiger partial charge on any atom is -0.317 e. The van der Waals surface area contributed by atoms with Crippen molar-refractivity contribution in [2.45, 2.75) is 38.1 Å². The van der Waals surface area contributed by atoms with E-state index in [0.29, 0.717) is 12.0 Å². The van der Waals surface area contributed by atoms with Crippen LogP contribution in [0.4, 0.5) is 4.39 Å². The molecule has 0 radical (unpaired) electrons. The van der Waals surface area contributed by atoms with Gasteiger partial charge in [0.1, 0.15) is 5.82 Å². The lowest BCUT2D eigenvalue weighted by atomic mass is 9.99. The minimum absolute atomic E-state index is 0.154. The van der Waals surface area contributed by atoms with E-state index in [1.807, 2.05) is 12.1 Å². The van der Waals surface area contributed by atoms with Crippen molar-refractivity contribution in [1.29, 1.82) is 0 Å². The van der Waals surface area contributed by atoms with Crippen molar-refractivity contribution in [1.82, 2.24) is 10.2 Å². The van der Waals surface area contributed by atoms with Gasteiger partial charge in [-0.2, -0.15) is 0 Å². The maximum absolute atomic E-state index is 12.9. The standard InChI is InChI=1S/C16H25FN2/c1-13(14-5-7-15(17)8-6-14)12-19(2)16-4-3-10-18-11-9-16/h5-8,13,16,18H,3-4,9-12H2,1-2H3. The van der Waals surface area contributed by atoms with Gasteiger partial charge in [-0.1, -0.05) is 19.1 Å². The van der Waals surface area contributed by atoms with Gasteiger partial charge in [0.05, 0.1) is 0 Å². The minimum atomic E-state index is -0.154. The van der Waals surface area contributed by atoms with Crippen LogP contribution in [-0.2, 0) is 0 Å². The maximum atomic E-state index is 12.9. The van der Waals surface area contributed by atoms with Crippen LogP contribution in [0.2, 0.25) is 0 Å². The second kappa shape index (κ2) is 7.01. The highest BCUT2D eigenvalue weighted by molar-refractivity contribution is 5.20. The third-order valence-corrected chi connectivity index (χ3v) is 4.17. The van der Waals surface area contributed by atoms with Crippen molar-refractivity contribution >= 4 is 0 Å². The second-order valence-corrected chi connectivity index (χ2v) is 5.73. The molecule has 0 saturated carbocycles. The molecule has 2 nitrogen and oxygen atoms in total. The highest BCUT2D eigenvalue weighted by Gasteiger charge is 2.18. The third kappa shape index (κ3) is 4.29. The molecular weight excluding hydrogens is 239 g/mol. The van der Waals surface area contributed by atoms with Crippen LogP contribution in [-0.4, -0.2) is 37.6 Å². The van der Waals surface area contributed by atoms with E-state index in [2.05, 4.69) is 24.2 Å². The van der Waals surface area contributed by atoms with E-state index in [1.54, 1.807) is 12.1 Å². The first kappa shape index (κ1) is 14.5. The molecule has 1 aliphatic rings. The number of halogens is 1. The SMILES string of the molecule is CC(CN(C)C1CCCNCC1)c1ccc(F)cc1. The normalized spacial score (nSPS) is 22.2. The molecule has 1 aromatic rings. The summed E-state index contributed by atoms with van der Waals surface area (Å²) in [4.78, 5) is 2.47. The number of likely N-dealkylation sites (N-methyl/N-ethyl adjacent to an activating group) is 1. The fraction of sp³-hybridized carbons (Fsp3) is 0.625. The van der Waals surface area contributed by atoms with Crippen LogP contribution in [0.1, 0.15) is 37.7 Å². The molecule has 2 rings (SSSR count). The summed E-state index contributed by atoms with van der Waals surface area (Å²) in [5.74, 6) is 0.293. The molecule has 1 aromatic carbocycles. The molecule has 1 fully saturated rings. The van der Waals surface area contributed by atoms with Crippen LogP contribution >= 0.6 is 0 Å². The zero-order chi connectivity index (χ0) is 13.7. The molecule has 0 amide bonds. The van der Waals surface area contributed by atoms with Crippen molar-refractivity contribution in [3.05, 3.63) is 35.6 Å². The Labute approximate surface area is 116 Å². The van der Waals surface area contributed by atoms with Crippen LogP contribution in [0.3, 0.4) is 0 Å². The highest BCUT2D eigenvalue weighted by Crippen LogP contribution is 2.20. The van der Waals surface area contributed by atoms with Crippen LogP contribution in [0.15, 0.2) is 24.3 Å². The lowest BCUT2D eigenvalue weighted by Crippen LogP contribution is -2.35. The van der Waals surface area contributed by atoms with Crippen molar-refractivity contribution in [2.75, 3.05) is 26.7 Å². The largest absolute Gasteiger partial charge is 0.317 e. The Bertz CT molecular complexity index is 369. The second-order valence-electron chi connectivity index (χ2n) is 5.73. The van der Waals surface area contributed by atoms with E-state index in [1.165, 1.54) is 24.8 Å². The lowest BCUT2D eigenvalue weighted by molar-refractivity contribution is 0.215. The van der Waals surface area contributed by atoms with E-state index < -0.39 is 0 Å².